The number of rotatable bonds is 5. The minimum atomic E-state index is -0.147. The van der Waals surface area contributed by atoms with Crippen molar-refractivity contribution in [3.63, 3.8) is 0 Å². The van der Waals surface area contributed by atoms with Gasteiger partial charge in [-0.25, -0.2) is 0 Å². The number of anilines is 1. The van der Waals surface area contributed by atoms with E-state index in [4.69, 9.17) is 10.5 Å². The topological polar surface area (TPSA) is 84.7 Å². The summed E-state index contributed by atoms with van der Waals surface area (Å²) in [6.45, 7) is 3.72. The number of piperidine rings is 1. The molecule has 7 heteroatoms. The van der Waals surface area contributed by atoms with E-state index >= 15 is 0 Å². The van der Waals surface area contributed by atoms with Gasteiger partial charge in [0.2, 0.25) is 11.8 Å². The molecule has 1 aromatic carbocycles. The number of benzene rings is 1. The number of hydrogen-bond donors (Lipinski definition) is 2. The first kappa shape index (κ1) is 19.3. The molecule has 0 radical (unpaired) electrons. The number of hydrogen-bond acceptors (Lipinski definition) is 4. The van der Waals surface area contributed by atoms with Crippen molar-refractivity contribution < 1.29 is 14.3 Å². The molecule has 1 aromatic rings. The molecule has 128 valence electrons. The Balaban J connectivity index is 0.00000264. The van der Waals surface area contributed by atoms with E-state index in [-0.39, 0.29) is 30.1 Å². The Bertz CT molecular complexity index is 522. The second kappa shape index (κ2) is 9.37. The summed E-state index contributed by atoms with van der Waals surface area (Å²) in [6.07, 6.45) is 1.68. The summed E-state index contributed by atoms with van der Waals surface area (Å²) in [5, 5.41) is 2.90. The molecule has 2 rings (SSSR count). The molecule has 6 nitrogen and oxygen atoms in total. The van der Waals surface area contributed by atoms with Crippen LogP contribution in [0.4, 0.5) is 5.69 Å². The summed E-state index contributed by atoms with van der Waals surface area (Å²) in [6, 6.07) is 7.20. The number of nitrogens with two attached hydrogens (primary N) is 1. The number of nitrogens with one attached hydrogen (secondary N) is 1. The Morgan fingerprint density at radius 1 is 1.35 bits per heavy atom. The van der Waals surface area contributed by atoms with E-state index in [1.807, 2.05) is 0 Å². The fourth-order valence-electron chi connectivity index (χ4n) is 2.53. The highest BCUT2D eigenvalue weighted by molar-refractivity contribution is 5.93. The third-order valence-electron chi connectivity index (χ3n) is 3.75. The SMILES string of the molecule is CC(=O)N1CCCC(C(=O)Nc2ccc(OCCN)cc2)C1.Cl. The highest BCUT2D eigenvalue weighted by Crippen LogP contribution is 2.20. The van der Waals surface area contributed by atoms with E-state index in [9.17, 15) is 9.59 Å². The molecule has 1 unspecified atom stereocenters. The lowest BCUT2D eigenvalue weighted by Gasteiger charge is -2.31. The maximum Gasteiger partial charge on any atom is 0.229 e. The van der Waals surface area contributed by atoms with Crippen LogP contribution in [0, 0.1) is 5.92 Å². The number of nitrogens with zero attached hydrogens (tertiary/aromatic N) is 1. The van der Waals surface area contributed by atoms with Gasteiger partial charge in [-0.3, -0.25) is 9.59 Å². The van der Waals surface area contributed by atoms with Crippen molar-refractivity contribution in [3.05, 3.63) is 24.3 Å². The number of amides is 2. The van der Waals surface area contributed by atoms with Gasteiger partial charge >= 0.3 is 0 Å². The van der Waals surface area contributed by atoms with Crippen molar-refractivity contribution in [1.82, 2.24) is 4.90 Å². The first-order valence-corrected chi connectivity index (χ1v) is 7.59. The molecule has 1 atom stereocenters. The van der Waals surface area contributed by atoms with Crippen molar-refractivity contribution in [2.75, 3.05) is 31.6 Å². The molecule has 3 N–H and O–H groups in total. The summed E-state index contributed by atoms with van der Waals surface area (Å²) in [7, 11) is 0. The molecule has 2 amide bonds. The van der Waals surface area contributed by atoms with E-state index < -0.39 is 0 Å². The maximum atomic E-state index is 12.3. The number of likely N-dealkylation sites (tertiary alicyclic amines) is 1. The van der Waals surface area contributed by atoms with Crippen LogP contribution in [0.1, 0.15) is 19.8 Å². The summed E-state index contributed by atoms with van der Waals surface area (Å²) in [4.78, 5) is 25.4. The minimum Gasteiger partial charge on any atom is -0.492 e. The average Bonchev–Trinajstić information content (AvgIpc) is 2.54. The Hall–Kier alpha value is -1.79. The van der Waals surface area contributed by atoms with E-state index in [1.165, 1.54) is 0 Å². The molecular weight excluding hydrogens is 318 g/mol. The third kappa shape index (κ3) is 5.73. The molecular formula is C16H24ClN3O3. The number of halogens is 1. The fourth-order valence-corrected chi connectivity index (χ4v) is 2.53. The monoisotopic (exact) mass is 341 g/mol. The van der Waals surface area contributed by atoms with Crippen LogP contribution < -0.4 is 15.8 Å². The first-order chi connectivity index (χ1) is 10.6. The van der Waals surface area contributed by atoms with Gasteiger partial charge in [0.25, 0.3) is 0 Å². The van der Waals surface area contributed by atoms with Gasteiger partial charge in [0, 0.05) is 32.2 Å². The predicted molar refractivity (Wildman–Crippen MR) is 91.8 cm³/mol. The molecule has 1 fully saturated rings. The molecule has 23 heavy (non-hydrogen) atoms. The molecule has 1 aliphatic heterocycles. The predicted octanol–water partition coefficient (Wildman–Crippen LogP) is 1.64. The van der Waals surface area contributed by atoms with Crippen LogP contribution >= 0.6 is 12.4 Å². The summed E-state index contributed by atoms with van der Waals surface area (Å²) >= 11 is 0. The zero-order chi connectivity index (χ0) is 15.9. The molecule has 1 heterocycles. The van der Waals surface area contributed by atoms with E-state index in [0.717, 1.165) is 30.8 Å². The van der Waals surface area contributed by atoms with Crippen LogP contribution in [0.25, 0.3) is 0 Å². The van der Waals surface area contributed by atoms with Crippen molar-refractivity contribution >= 4 is 29.9 Å². The highest BCUT2D eigenvalue weighted by Gasteiger charge is 2.26. The Labute approximate surface area is 142 Å². The minimum absolute atomic E-state index is 0. The fraction of sp³-hybridized carbons (Fsp3) is 0.500. The molecule has 0 saturated carbocycles. The van der Waals surface area contributed by atoms with Crippen molar-refractivity contribution in [3.8, 4) is 5.75 Å². The van der Waals surface area contributed by atoms with Crippen molar-refractivity contribution in [2.24, 2.45) is 11.7 Å². The number of ether oxygens (including phenoxy) is 1. The van der Waals surface area contributed by atoms with Crippen LogP contribution in [-0.2, 0) is 9.59 Å². The van der Waals surface area contributed by atoms with Gasteiger partial charge in [0.05, 0.1) is 5.92 Å². The van der Waals surface area contributed by atoms with Gasteiger partial charge in [0.15, 0.2) is 0 Å². The van der Waals surface area contributed by atoms with Gasteiger partial charge < -0.3 is 20.7 Å². The van der Waals surface area contributed by atoms with Crippen LogP contribution in [0.5, 0.6) is 5.75 Å². The quantitative estimate of drug-likeness (QED) is 0.852. The molecule has 0 bridgehead atoms. The lowest BCUT2D eigenvalue weighted by atomic mass is 9.97. The molecule has 0 spiro atoms. The smallest absolute Gasteiger partial charge is 0.229 e. The molecule has 0 aliphatic carbocycles. The van der Waals surface area contributed by atoms with E-state index in [1.54, 1.807) is 36.1 Å². The molecule has 1 aliphatic rings. The van der Waals surface area contributed by atoms with Crippen LogP contribution in [0.15, 0.2) is 24.3 Å². The zero-order valence-corrected chi connectivity index (χ0v) is 14.1. The van der Waals surface area contributed by atoms with Crippen molar-refractivity contribution in [1.29, 1.82) is 0 Å². The normalized spacial score (nSPS) is 17.1. The third-order valence-corrected chi connectivity index (χ3v) is 3.75. The van der Waals surface area contributed by atoms with Gasteiger partial charge in [0.1, 0.15) is 12.4 Å². The Kier molecular flexibility index (Phi) is 7.85. The number of carbonyl (C=O) groups is 2. The number of carbonyl (C=O) groups excluding carboxylic acids is 2. The second-order valence-corrected chi connectivity index (χ2v) is 5.45. The maximum absolute atomic E-state index is 12.3. The lowest BCUT2D eigenvalue weighted by Crippen LogP contribution is -2.42. The van der Waals surface area contributed by atoms with E-state index in [0.29, 0.717) is 19.7 Å². The van der Waals surface area contributed by atoms with Crippen LogP contribution in [0.3, 0.4) is 0 Å². The Morgan fingerprint density at radius 2 is 2.04 bits per heavy atom. The van der Waals surface area contributed by atoms with Gasteiger partial charge in [-0.05, 0) is 37.1 Å². The summed E-state index contributed by atoms with van der Waals surface area (Å²) in [5.74, 6) is 0.565. The van der Waals surface area contributed by atoms with Gasteiger partial charge in [-0.1, -0.05) is 0 Å². The average molecular weight is 342 g/mol. The van der Waals surface area contributed by atoms with E-state index in [2.05, 4.69) is 5.32 Å². The largest absolute Gasteiger partial charge is 0.492 e. The highest BCUT2D eigenvalue weighted by atomic mass is 35.5. The Morgan fingerprint density at radius 3 is 2.65 bits per heavy atom. The second-order valence-electron chi connectivity index (χ2n) is 5.45. The van der Waals surface area contributed by atoms with Crippen LogP contribution in [-0.4, -0.2) is 43.0 Å². The lowest BCUT2D eigenvalue weighted by molar-refractivity contribution is -0.132. The van der Waals surface area contributed by atoms with Gasteiger partial charge in [-0.2, -0.15) is 0 Å². The standard InChI is InChI=1S/C16H23N3O3.ClH/c1-12(20)19-9-2-3-13(11-19)16(21)18-14-4-6-15(7-5-14)22-10-8-17;/h4-7,13H,2-3,8-11,17H2,1H3,(H,18,21);1H. The zero-order valence-electron chi connectivity index (χ0n) is 13.3. The molecule has 1 saturated heterocycles. The first-order valence-electron chi connectivity index (χ1n) is 7.59. The summed E-state index contributed by atoms with van der Waals surface area (Å²) in [5.41, 5.74) is 6.10. The van der Waals surface area contributed by atoms with Crippen LogP contribution in [0.2, 0.25) is 0 Å². The molecule has 0 aromatic heterocycles. The summed E-state index contributed by atoms with van der Waals surface area (Å²) < 4.78 is 5.39. The van der Waals surface area contributed by atoms with Crippen molar-refractivity contribution in [2.45, 2.75) is 19.8 Å². The van der Waals surface area contributed by atoms with Gasteiger partial charge in [-0.15, -0.1) is 12.4 Å².